The average Bonchev–Trinajstić information content (AvgIpc) is 2.85. The molecule has 0 amide bonds. The Bertz CT molecular complexity index is 1370. The number of aryl methyl sites for hydroxylation is 1. The highest BCUT2D eigenvalue weighted by Gasteiger charge is 2.39. The Hall–Kier alpha value is -3.57. The number of fused-ring (bicyclic) bond motifs is 3. The van der Waals surface area contributed by atoms with Crippen molar-refractivity contribution in [2.45, 2.75) is 19.4 Å². The van der Waals surface area contributed by atoms with Crippen LogP contribution in [-0.2, 0) is 10.3 Å². The molecule has 0 bridgehead atoms. The van der Waals surface area contributed by atoms with E-state index >= 15 is 0 Å². The first kappa shape index (κ1) is 22.2. The summed E-state index contributed by atoms with van der Waals surface area (Å²) in [6, 6.07) is 23.6. The number of rotatable bonds is 4. The lowest BCUT2D eigenvalue weighted by Gasteiger charge is -2.37. The Kier molecular flexibility index (Phi) is 5.66. The summed E-state index contributed by atoms with van der Waals surface area (Å²) in [5.74, 6) is -0.156. The van der Waals surface area contributed by atoms with E-state index in [0.717, 1.165) is 26.5 Å². The Labute approximate surface area is 206 Å². The SMILES string of the molecule is CCOC(=O)c1c2c(c3ccccc3c1O)OC(c1ccc(C)cc1)(c1ccc(Br)cc1)C=C2. The third kappa shape index (κ3) is 3.57. The molecule has 4 nitrogen and oxygen atoms in total. The van der Waals surface area contributed by atoms with Gasteiger partial charge in [0, 0.05) is 31.9 Å². The maximum absolute atomic E-state index is 12.9. The lowest BCUT2D eigenvalue weighted by molar-refractivity contribution is 0.0521. The van der Waals surface area contributed by atoms with Crippen molar-refractivity contribution < 1.29 is 19.4 Å². The second kappa shape index (κ2) is 8.65. The van der Waals surface area contributed by atoms with Crippen LogP contribution in [0.2, 0.25) is 0 Å². The van der Waals surface area contributed by atoms with Gasteiger partial charge in [0.25, 0.3) is 0 Å². The van der Waals surface area contributed by atoms with Gasteiger partial charge < -0.3 is 14.6 Å². The molecule has 1 atom stereocenters. The van der Waals surface area contributed by atoms with Crippen LogP contribution < -0.4 is 4.74 Å². The van der Waals surface area contributed by atoms with Gasteiger partial charge in [0.15, 0.2) is 5.60 Å². The van der Waals surface area contributed by atoms with Crippen LogP contribution in [0.15, 0.2) is 83.3 Å². The minimum Gasteiger partial charge on any atom is -0.506 e. The molecule has 0 saturated heterocycles. The lowest BCUT2D eigenvalue weighted by atomic mass is 9.82. The van der Waals surface area contributed by atoms with Crippen LogP contribution in [0.25, 0.3) is 16.8 Å². The number of esters is 1. The van der Waals surface area contributed by atoms with Gasteiger partial charge in [-0.2, -0.15) is 0 Å². The third-order valence-electron chi connectivity index (χ3n) is 6.16. The van der Waals surface area contributed by atoms with Crippen molar-refractivity contribution >= 4 is 38.7 Å². The maximum Gasteiger partial charge on any atom is 0.342 e. The Balaban J connectivity index is 1.81. The van der Waals surface area contributed by atoms with Crippen LogP contribution in [-0.4, -0.2) is 17.7 Å². The molecule has 1 heterocycles. The zero-order valence-electron chi connectivity index (χ0n) is 18.8. The summed E-state index contributed by atoms with van der Waals surface area (Å²) in [6.45, 7) is 3.99. The number of benzene rings is 4. The van der Waals surface area contributed by atoms with Crippen LogP contribution in [0.4, 0.5) is 0 Å². The Morgan fingerprint density at radius 2 is 1.59 bits per heavy atom. The molecule has 0 aromatic heterocycles. The van der Waals surface area contributed by atoms with E-state index in [9.17, 15) is 9.90 Å². The van der Waals surface area contributed by atoms with Crippen LogP contribution in [0.3, 0.4) is 0 Å². The fourth-order valence-electron chi connectivity index (χ4n) is 4.46. The fraction of sp³-hybridized carbons (Fsp3) is 0.138. The van der Waals surface area contributed by atoms with E-state index in [0.29, 0.717) is 16.7 Å². The summed E-state index contributed by atoms with van der Waals surface area (Å²) >= 11 is 3.52. The Morgan fingerprint density at radius 1 is 0.971 bits per heavy atom. The topological polar surface area (TPSA) is 55.8 Å². The fourth-order valence-corrected chi connectivity index (χ4v) is 4.72. The van der Waals surface area contributed by atoms with Gasteiger partial charge in [0.05, 0.1) is 6.61 Å². The number of halogens is 1. The average molecular weight is 515 g/mol. The monoisotopic (exact) mass is 514 g/mol. The second-order valence-electron chi connectivity index (χ2n) is 8.28. The van der Waals surface area contributed by atoms with Crippen LogP contribution in [0.5, 0.6) is 11.5 Å². The first-order valence-electron chi connectivity index (χ1n) is 11.1. The summed E-state index contributed by atoms with van der Waals surface area (Å²) in [4.78, 5) is 12.9. The minimum absolute atomic E-state index is 0.104. The standard InChI is InChI=1S/C29H23BrO4/c1-3-33-28(32)25-24-16-17-29(19-10-8-18(2)9-11-19,20-12-14-21(30)15-13-20)34-27(24)23-7-5-4-6-22(23)26(25)31/h4-17,31H,3H2,1-2H3. The van der Waals surface area contributed by atoms with Gasteiger partial charge in [-0.15, -0.1) is 0 Å². The van der Waals surface area contributed by atoms with Crippen LogP contribution >= 0.6 is 15.9 Å². The number of hydrogen-bond acceptors (Lipinski definition) is 4. The van der Waals surface area contributed by atoms with Crippen molar-refractivity contribution in [1.29, 1.82) is 0 Å². The van der Waals surface area contributed by atoms with Crippen molar-refractivity contribution in [2.75, 3.05) is 6.61 Å². The molecule has 1 unspecified atom stereocenters. The van der Waals surface area contributed by atoms with Crippen molar-refractivity contribution in [3.05, 3.63) is 111 Å². The maximum atomic E-state index is 12.9. The number of aromatic hydroxyl groups is 1. The van der Waals surface area contributed by atoms with Gasteiger partial charge in [-0.05, 0) is 38.1 Å². The van der Waals surface area contributed by atoms with Gasteiger partial charge in [-0.3, -0.25) is 0 Å². The molecule has 170 valence electrons. The predicted molar refractivity (Wildman–Crippen MR) is 137 cm³/mol. The molecule has 0 spiro atoms. The summed E-state index contributed by atoms with van der Waals surface area (Å²) < 4.78 is 13.1. The van der Waals surface area contributed by atoms with Gasteiger partial charge >= 0.3 is 5.97 Å². The van der Waals surface area contributed by atoms with Crippen molar-refractivity contribution in [3.8, 4) is 11.5 Å². The number of hydrogen-bond donors (Lipinski definition) is 1. The first-order valence-corrected chi connectivity index (χ1v) is 11.9. The van der Waals surface area contributed by atoms with Gasteiger partial charge in [-0.25, -0.2) is 4.79 Å². The van der Waals surface area contributed by atoms with E-state index in [1.807, 2.05) is 61.5 Å². The molecular formula is C29H23BrO4. The summed E-state index contributed by atoms with van der Waals surface area (Å²) in [6.07, 6.45) is 3.80. The highest BCUT2D eigenvalue weighted by atomic mass is 79.9. The zero-order chi connectivity index (χ0) is 23.9. The molecule has 1 aliphatic rings. The molecule has 4 aromatic rings. The number of carbonyl (C=O) groups excluding carboxylic acids is 1. The second-order valence-corrected chi connectivity index (χ2v) is 9.19. The minimum atomic E-state index is -0.924. The lowest BCUT2D eigenvalue weighted by Crippen LogP contribution is -2.34. The van der Waals surface area contributed by atoms with Crippen molar-refractivity contribution in [3.63, 3.8) is 0 Å². The van der Waals surface area contributed by atoms with E-state index in [1.54, 1.807) is 13.0 Å². The number of carbonyl (C=O) groups is 1. The van der Waals surface area contributed by atoms with E-state index in [-0.39, 0.29) is 17.9 Å². The largest absolute Gasteiger partial charge is 0.506 e. The highest BCUT2D eigenvalue weighted by Crippen LogP contribution is 2.49. The van der Waals surface area contributed by atoms with Crippen LogP contribution in [0, 0.1) is 6.92 Å². The van der Waals surface area contributed by atoms with Crippen molar-refractivity contribution in [2.24, 2.45) is 0 Å². The molecule has 0 saturated carbocycles. The van der Waals surface area contributed by atoms with E-state index in [2.05, 4.69) is 40.2 Å². The van der Waals surface area contributed by atoms with Gasteiger partial charge in [0.1, 0.15) is 17.1 Å². The number of ether oxygens (including phenoxy) is 2. The molecule has 1 aliphatic heterocycles. The molecule has 34 heavy (non-hydrogen) atoms. The first-order chi connectivity index (χ1) is 16.4. The van der Waals surface area contributed by atoms with Crippen molar-refractivity contribution in [1.82, 2.24) is 0 Å². The van der Waals surface area contributed by atoms with Crippen LogP contribution in [0.1, 0.15) is 39.5 Å². The normalized spacial score (nSPS) is 16.7. The summed E-state index contributed by atoms with van der Waals surface area (Å²) in [7, 11) is 0. The highest BCUT2D eigenvalue weighted by molar-refractivity contribution is 9.10. The molecule has 4 aromatic carbocycles. The smallest absolute Gasteiger partial charge is 0.342 e. The number of phenolic OH excluding ortho intramolecular Hbond substituents is 1. The molecule has 0 fully saturated rings. The molecular weight excluding hydrogens is 492 g/mol. The number of phenols is 1. The third-order valence-corrected chi connectivity index (χ3v) is 6.69. The van der Waals surface area contributed by atoms with Gasteiger partial charge in [0.2, 0.25) is 0 Å². The molecule has 1 N–H and O–H groups in total. The summed E-state index contributed by atoms with van der Waals surface area (Å²) in [5, 5.41) is 12.3. The summed E-state index contributed by atoms with van der Waals surface area (Å²) in [5.41, 5.74) is 2.74. The zero-order valence-corrected chi connectivity index (χ0v) is 20.4. The molecule has 5 rings (SSSR count). The Morgan fingerprint density at radius 3 is 2.24 bits per heavy atom. The van der Waals surface area contributed by atoms with Gasteiger partial charge in [-0.1, -0.05) is 82.2 Å². The molecule has 0 radical (unpaired) electrons. The molecule has 0 aliphatic carbocycles. The van der Waals surface area contributed by atoms with E-state index in [4.69, 9.17) is 9.47 Å². The van der Waals surface area contributed by atoms with E-state index < -0.39 is 11.6 Å². The molecule has 5 heteroatoms. The quantitative estimate of drug-likeness (QED) is 0.294. The predicted octanol–water partition coefficient (Wildman–Crippen LogP) is 7.14. The van der Waals surface area contributed by atoms with E-state index in [1.165, 1.54) is 0 Å².